The van der Waals surface area contributed by atoms with Gasteiger partial charge in [-0.05, 0) is 41.3 Å². The maximum atomic E-state index is 13.1. The zero-order chi connectivity index (χ0) is 19.2. The summed E-state index contributed by atoms with van der Waals surface area (Å²) >= 11 is 4.69. The van der Waals surface area contributed by atoms with Gasteiger partial charge in [0.05, 0.1) is 5.57 Å². The zero-order valence-electron chi connectivity index (χ0n) is 14.0. The van der Waals surface area contributed by atoms with E-state index in [-0.39, 0.29) is 18.2 Å². The molecule has 0 bridgehead atoms. The molecular formula is C21H14BrFO3S. The number of thiophene rings is 1. The molecule has 0 atom stereocenters. The molecule has 0 amide bonds. The maximum Gasteiger partial charge on any atom is 0.340 e. The number of hydrogen-bond donors (Lipinski definition) is 0. The summed E-state index contributed by atoms with van der Waals surface area (Å²) in [6.45, 7) is -0.367. The van der Waals surface area contributed by atoms with Gasteiger partial charge < -0.3 is 4.74 Å². The van der Waals surface area contributed by atoms with E-state index in [1.807, 2.05) is 11.4 Å². The molecular weight excluding hydrogens is 431 g/mol. The lowest BCUT2D eigenvalue weighted by Crippen LogP contribution is -2.15. The summed E-state index contributed by atoms with van der Waals surface area (Å²) in [6.07, 6.45) is 1.62. The van der Waals surface area contributed by atoms with E-state index in [1.165, 1.54) is 23.5 Å². The summed E-state index contributed by atoms with van der Waals surface area (Å²) in [7, 11) is 0. The van der Waals surface area contributed by atoms with Crippen molar-refractivity contribution in [1.29, 1.82) is 0 Å². The van der Waals surface area contributed by atoms with Gasteiger partial charge in [-0.3, -0.25) is 4.79 Å². The van der Waals surface area contributed by atoms with Crippen LogP contribution >= 0.6 is 27.3 Å². The number of carbonyl (C=O) groups excluding carboxylic acids is 2. The Balaban J connectivity index is 1.79. The van der Waals surface area contributed by atoms with Crippen LogP contribution < -0.4 is 0 Å². The topological polar surface area (TPSA) is 43.4 Å². The average molecular weight is 445 g/mol. The van der Waals surface area contributed by atoms with Crippen LogP contribution in [0.5, 0.6) is 0 Å². The minimum absolute atomic E-state index is 0.303. The highest BCUT2D eigenvalue weighted by atomic mass is 79.9. The lowest BCUT2D eigenvalue weighted by atomic mass is 10.1. The molecule has 27 heavy (non-hydrogen) atoms. The zero-order valence-corrected chi connectivity index (χ0v) is 16.4. The molecule has 0 unspecified atom stereocenters. The fourth-order valence-electron chi connectivity index (χ4n) is 2.36. The Morgan fingerprint density at radius 1 is 1.04 bits per heavy atom. The molecule has 2 aromatic carbocycles. The molecule has 1 aromatic heterocycles. The summed E-state index contributed by atoms with van der Waals surface area (Å²) in [4.78, 5) is 25.6. The van der Waals surface area contributed by atoms with Crippen molar-refractivity contribution in [2.24, 2.45) is 0 Å². The molecule has 0 aliphatic heterocycles. The first-order valence-electron chi connectivity index (χ1n) is 8.00. The van der Waals surface area contributed by atoms with Crippen LogP contribution in [0.4, 0.5) is 4.39 Å². The Morgan fingerprint density at radius 2 is 1.78 bits per heavy atom. The lowest BCUT2D eigenvalue weighted by Gasteiger charge is -2.08. The number of carbonyl (C=O) groups is 2. The lowest BCUT2D eigenvalue weighted by molar-refractivity contribution is -0.135. The number of halogens is 2. The van der Waals surface area contributed by atoms with E-state index in [1.54, 1.807) is 48.5 Å². The van der Waals surface area contributed by atoms with Gasteiger partial charge in [0.25, 0.3) is 0 Å². The number of ketones is 1. The molecule has 3 aromatic rings. The van der Waals surface area contributed by atoms with Crippen molar-refractivity contribution in [2.75, 3.05) is 6.61 Å². The van der Waals surface area contributed by atoms with Gasteiger partial charge in [0.15, 0.2) is 6.61 Å². The third kappa shape index (κ3) is 4.99. The standard InChI is InChI=1S/C21H14BrFO3S/c22-18-5-2-1-4-16(18)19(24)13-26-21(25)17(20-6-3-11-27-20)12-14-7-9-15(23)10-8-14/h1-12H,13H2/b17-12+. The Labute approximate surface area is 168 Å². The maximum absolute atomic E-state index is 13.1. The van der Waals surface area contributed by atoms with E-state index in [0.29, 0.717) is 26.0 Å². The van der Waals surface area contributed by atoms with E-state index in [4.69, 9.17) is 4.74 Å². The predicted octanol–water partition coefficient (Wildman–Crippen LogP) is 5.62. The van der Waals surface area contributed by atoms with Crippen LogP contribution in [0.2, 0.25) is 0 Å². The highest BCUT2D eigenvalue weighted by Crippen LogP contribution is 2.25. The third-order valence-electron chi connectivity index (χ3n) is 3.70. The molecule has 6 heteroatoms. The van der Waals surface area contributed by atoms with Gasteiger partial charge in [0.2, 0.25) is 5.78 Å². The molecule has 0 spiro atoms. The van der Waals surface area contributed by atoms with Crippen molar-refractivity contribution in [3.63, 3.8) is 0 Å². The Kier molecular flexibility index (Phi) is 6.32. The van der Waals surface area contributed by atoms with Crippen molar-refractivity contribution in [1.82, 2.24) is 0 Å². The minimum Gasteiger partial charge on any atom is -0.454 e. The summed E-state index contributed by atoms with van der Waals surface area (Å²) in [5, 5.41) is 1.84. The third-order valence-corrected chi connectivity index (χ3v) is 5.29. The van der Waals surface area contributed by atoms with Crippen LogP contribution in [0.1, 0.15) is 20.8 Å². The van der Waals surface area contributed by atoms with Gasteiger partial charge in [0, 0.05) is 14.9 Å². The van der Waals surface area contributed by atoms with Crippen molar-refractivity contribution in [2.45, 2.75) is 0 Å². The van der Waals surface area contributed by atoms with E-state index >= 15 is 0 Å². The first kappa shape index (κ1) is 19.2. The summed E-state index contributed by atoms with van der Waals surface area (Å²) in [5.41, 5.74) is 1.43. The highest BCUT2D eigenvalue weighted by molar-refractivity contribution is 9.10. The second-order valence-corrected chi connectivity index (χ2v) is 7.37. The fourth-order valence-corrected chi connectivity index (χ4v) is 3.60. The molecule has 0 saturated heterocycles. The van der Waals surface area contributed by atoms with Gasteiger partial charge in [-0.2, -0.15) is 0 Å². The largest absolute Gasteiger partial charge is 0.454 e. The molecule has 0 aliphatic carbocycles. The second-order valence-electron chi connectivity index (χ2n) is 5.57. The Morgan fingerprint density at radius 3 is 2.44 bits per heavy atom. The Hall–Kier alpha value is -2.57. The molecule has 1 heterocycles. The molecule has 0 N–H and O–H groups in total. The van der Waals surface area contributed by atoms with Crippen LogP contribution in [0.15, 0.2) is 70.5 Å². The molecule has 3 nitrogen and oxygen atoms in total. The summed E-state index contributed by atoms with van der Waals surface area (Å²) in [6, 6.07) is 16.3. The smallest absolute Gasteiger partial charge is 0.340 e. The number of rotatable bonds is 6. The summed E-state index contributed by atoms with van der Waals surface area (Å²) in [5.74, 6) is -1.27. The normalized spacial score (nSPS) is 11.3. The fraction of sp³-hybridized carbons (Fsp3) is 0.0476. The van der Waals surface area contributed by atoms with Crippen molar-refractivity contribution in [3.8, 4) is 0 Å². The predicted molar refractivity (Wildman–Crippen MR) is 108 cm³/mol. The number of benzene rings is 2. The van der Waals surface area contributed by atoms with Gasteiger partial charge in [-0.15, -0.1) is 11.3 Å². The van der Waals surface area contributed by atoms with E-state index < -0.39 is 5.97 Å². The van der Waals surface area contributed by atoms with Gasteiger partial charge in [0.1, 0.15) is 5.82 Å². The molecule has 0 fully saturated rings. The molecule has 3 rings (SSSR count). The van der Waals surface area contributed by atoms with Crippen LogP contribution in [0, 0.1) is 5.82 Å². The van der Waals surface area contributed by atoms with Gasteiger partial charge >= 0.3 is 5.97 Å². The number of esters is 1. The van der Waals surface area contributed by atoms with Crippen LogP contribution in [0.25, 0.3) is 11.6 Å². The minimum atomic E-state index is -0.609. The SMILES string of the molecule is O=C(OCC(=O)c1ccccc1Br)/C(=C/c1ccc(F)cc1)c1cccs1. The average Bonchev–Trinajstić information content (AvgIpc) is 3.20. The highest BCUT2D eigenvalue weighted by Gasteiger charge is 2.18. The number of ether oxygens (including phenoxy) is 1. The van der Waals surface area contributed by atoms with Crippen LogP contribution in [-0.2, 0) is 9.53 Å². The molecule has 0 aliphatic rings. The van der Waals surface area contributed by atoms with E-state index in [9.17, 15) is 14.0 Å². The second kappa shape index (κ2) is 8.88. The Bertz CT molecular complexity index is 979. The van der Waals surface area contributed by atoms with Crippen LogP contribution in [0.3, 0.4) is 0 Å². The molecule has 0 saturated carbocycles. The quantitative estimate of drug-likeness (QED) is 0.281. The van der Waals surface area contributed by atoms with E-state index in [2.05, 4.69) is 15.9 Å². The molecule has 136 valence electrons. The monoisotopic (exact) mass is 444 g/mol. The van der Waals surface area contributed by atoms with Gasteiger partial charge in [-0.25, -0.2) is 9.18 Å². The van der Waals surface area contributed by atoms with Crippen molar-refractivity contribution < 1.29 is 18.7 Å². The number of Topliss-reactive ketones (excluding diaryl/α,β-unsaturated/α-hetero) is 1. The molecule has 0 radical (unpaired) electrons. The van der Waals surface area contributed by atoms with Crippen LogP contribution in [-0.4, -0.2) is 18.4 Å². The van der Waals surface area contributed by atoms with Crippen molar-refractivity contribution >= 4 is 50.7 Å². The first-order valence-corrected chi connectivity index (χ1v) is 9.68. The van der Waals surface area contributed by atoms with Crippen molar-refractivity contribution in [3.05, 3.63) is 92.3 Å². The van der Waals surface area contributed by atoms with Gasteiger partial charge in [-0.1, -0.05) is 52.3 Å². The van der Waals surface area contributed by atoms with E-state index in [0.717, 1.165) is 0 Å². The first-order chi connectivity index (χ1) is 13.0. The number of hydrogen-bond acceptors (Lipinski definition) is 4. The summed E-state index contributed by atoms with van der Waals surface area (Å²) < 4.78 is 19.0.